The molecule has 1 amide bonds. The summed E-state index contributed by atoms with van der Waals surface area (Å²) in [4.78, 5) is 13.6. The molecule has 0 bridgehead atoms. The predicted octanol–water partition coefficient (Wildman–Crippen LogP) is 2.46. The molecule has 1 aliphatic heterocycles. The highest BCUT2D eigenvalue weighted by atomic mass is 19.2. The van der Waals surface area contributed by atoms with Gasteiger partial charge in [-0.05, 0) is 37.9 Å². The van der Waals surface area contributed by atoms with Crippen LogP contribution in [-0.4, -0.2) is 25.0 Å². The Labute approximate surface area is 111 Å². The van der Waals surface area contributed by atoms with Crippen LogP contribution in [0.5, 0.6) is 0 Å². The van der Waals surface area contributed by atoms with Gasteiger partial charge in [-0.3, -0.25) is 4.79 Å². The molecule has 0 spiro atoms. The van der Waals surface area contributed by atoms with Crippen LogP contribution in [0.2, 0.25) is 0 Å². The number of anilines is 1. The van der Waals surface area contributed by atoms with Gasteiger partial charge in [-0.1, -0.05) is 13.0 Å². The zero-order valence-corrected chi connectivity index (χ0v) is 11.0. The summed E-state index contributed by atoms with van der Waals surface area (Å²) in [6.07, 6.45) is 2.45. The molecule has 2 rings (SSSR count). The van der Waals surface area contributed by atoms with Crippen molar-refractivity contribution in [3.63, 3.8) is 0 Å². The van der Waals surface area contributed by atoms with Crippen LogP contribution in [0.15, 0.2) is 18.2 Å². The highest BCUT2D eigenvalue weighted by Gasteiger charge is 2.30. The van der Waals surface area contributed by atoms with E-state index in [-0.39, 0.29) is 17.6 Å². The lowest BCUT2D eigenvalue weighted by molar-refractivity contribution is -0.121. The molecule has 0 aromatic heterocycles. The molecule has 0 radical (unpaired) electrons. The molecule has 1 saturated heterocycles. The van der Waals surface area contributed by atoms with Crippen LogP contribution in [0.25, 0.3) is 0 Å². The lowest BCUT2D eigenvalue weighted by atomic mass is 10.0. The van der Waals surface area contributed by atoms with Crippen LogP contribution in [0.4, 0.5) is 14.5 Å². The largest absolute Gasteiger partial charge is 0.308 e. The molecule has 19 heavy (non-hydrogen) atoms. The summed E-state index contributed by atoms with van der Waals surface area (Å²) in [5, 5.41) is 3.15. The van der Waals surface area contributed by atoms with Gasteiger partial charge in [0.25, 0.3) is 0 Å². The van der Waals surface area contributed by atoms with Crippen molar-refractivity contribution in [2.45, 2.75) is 32.2 Å². The van der Waals surface area contributed by atoms with Gasteiger partial charge in [0.2, 0.25) is 5.91 Å². The van der Waals surface area contributed by atoms with Crippen molar-refractivity contribution in [3.8, 4) is 0 Å². The number of carbonyl (C=O) groups excluding carboxylic acids is 1. The van der Waals surface area contributed by atoms with Gasteiger partial charge in [-0.2, -0.15) is 0 Å². The number of nitrogens with one attached hydrogen (secondary N) is 1. The number of hydrogen-bond donors (Lipinski definition) is 1. The van der Waals surface area contributed by atoms with Crippen LogP contribution < -0.4 is 10.2 Å². The first-order valence-corrected chi connectivity index (χ1v) is 6.64. The van der Waals surface area contributed by atoms with Crippen molar-refractivity contribution in [2.75, 3.05) is 18.0 Å². The molecule has 0 aliphatic carbocycles. The van der Waals surface area contributed by atoms with Crippen molar-refractivity contribution in [2.24, 2.45) is 0 Å². The summed E-state index contributed by atoms with van der Waals surface area (Å²) < 4.78 is 27.0. The highest BCUT2D eigenvalue weighted by Crippen LogP contribution is 2.25. The minimum atomic E-state index is -0.952. The molecule has 1 aliphatic rings. The fourth-order valence-electron chi connectivity index (χ4n) is 2.32. The van der Waals surface area contributed by atoms with Crippen LogP contribution in [-0.2, 0) is 4.79 Å². The second kappa shape index (κ2) is 6.10. The number of nitrogens with zero attached hydrogens (tertiary/aromatic N) is 1. The number of halogens is 2. The number of hydrogen-bond acceptors (Lipinski definition) is 2. The average molecular weight is 268 g/mol. The van der Waals surface area contributed by atoms with Gasteiger partial charge in [0, 0.05) is 6.54 Å². The molecule has 1 fully saturated rings. The van der Waals surface area contributed by atoms with E-state index < -0.39 is 11.6 Å². The lowest BCUT2D eigenvalue weighted by Crippen LogP contribution is -2.51. The Morgan fingerprint density at radius 1 is 1.42 bits per heavy atom. The molecular weight excluding hydrogens is 250 g/mol. The Morgan fingerprint density at radius 3 is 2.95 bits per heavy atom. The van der Waals surface area contributed by atoms with Crippen LogP contribution in [0, 0.1) is 11.6 Å². The van der Waals surface area contributed by atoms with Crippen molar-refractivity contribution in [1.29, 1.82) is 0 Å². The van der Waals surface area contributed by atoms with E-state index in [0.717, 1.165) is 31.9 Å². The molecule has 1 atom stereocenters. The number of rotatable bonds is 4. The standard InChI is InChI=1S/C14H18F2N2O/c1-2-8-17-11-6-4-9-18(14(11)19)12-7-3-5-10(15)13(12)16/h3,5,7,11,17H,2,4,6,8-9H2,1H3. The van der Waals surface area contributed by atoms with Gasteiger partial charge < -0.3 is 10.2 Å². The van der Waals surface area contributed by atoms with E-state index in [1.807, 2.05) is 6.92 Å². The van der Waals surface area contributed by atoms with E-state index in [4.69, 9.17) is 0 Å². The fourth-order valence-corrected chi connectivity index (χ4v) is 2.32. The van der Waals surface area contributed by atoms with Gasteiger partial charge >= 0.3 is 0 Å². The summed E-state index contributed by atoms with van der Waals surface area (Å²) in [5.74, 6) is -2.05. The molecule has 1 N–H and O–H groups in total. The van der Waals surface area contributed by atoms with Crippen molar-refractivity contribution >= 4 is 11.6 Å². The minimum absolute atomic E-state index is 0.0352. The van der Waals surface area contributed by atoms with E-state index in [2.05, 4.69) is 5.32 Å². The van der Waals surface area contributed by atoms with Gasteiger partial charge in [-0.25, -0.2) is 8.78 Å². The number of carbonyl (C=O) groups is 1. The smallest absolute Gasteiger partial charge is 0.244 e. The third-order valence-electron chi connectivity index (χ3n) is 3.30. The number of piperidine rings is 1. The van der Waals surface area contributed by atoms with E-state index in [1.54, 1.807) is 0 Å². The van der Waals surface area contributed by atoms with E-state index in [1.165, 1.54) is 17.0 Å². The maximum atomic E-state index is 13.7. The third kappa shape index (κ3) is 2.92. The SMILES string of the molecule is CCCNC1CCCN(c2cccc(F)c2F)C1=O. The Morgan fingerprint density at radius 2 is 2.21 bits per heavy atom. The lowest BCUT2D eigenvalue weighted by Gasteiger charge is -2.33. The molecule has 0 saturated carbocycles. The van der Waals surface area contributed by atoms with Gasteiger partial charge in [0.15, 0.2) is 11.6 Å². The molecule has 3 nitrogen and oxygen atoms in total. The quantitative estimate of drug-likeness (QED) is 0.909. The van der Waals surface area contributed by atoms with E-state index in [9.17, 15) is 13.6 Å². The molecule has 1 unspecified atom stereocenters. The molecule has 1 heterocycles. The summed E-state index contributed by atoms with van der Waals surface area (Å²) in [6.45, 7) is 3.20. The summed E-state index contributed by atoms with van der Waals surface area (Å²) in [6, 6.07) is 3.62. The van der Waals surface area contributed by atoms with Crippen molar-refractivity contribution in [3.05, 3.63) is 29.8 Å². The topological polar surface area (TPSA) is 32.3 Å². The predicted molar refractivity (Wildman–Crippen MR) is 70.0 cm³/mol. The second-order valence-electron chi connectivity index (χ2n) is 4.71. The maximum absolute atomic E-state index is 13.7. The van der Waals surface area contributed by atoms with E-state index in [0.29, 0.717) is 6.54 Å². The van der Waals surface area contributed by atoms with E-state index >= 15 is 0 Å². The van der Waals surface area contributed by atoms with Gasteiger partial charge in [0.1, 0.15) is 0 Å². The maximum Gasteiger partial charge on any atom is 0.244 e. The van der Waals surface area contributed by atoms with Gasteiger partial charge in [-0.15, -0.1) is 0 Å². The first kappa shape index (κ1) is 13.9. The molecule has 5 heteroatoms. The minimum Gasteiger partial charge on any atom is -0.308 e. The Bertz CT molecular complexity index is 465. The second-order valence-corrected chi connectivity index (χ2v) is 4.71. The van der Waals surface area contributed by atoms with Crippen molar-refractivity contribution < 1.29 is 13.6 Å². The summed E-state index contributed by atoms with van der Waals surface area (Å²) >= 11 is 0. The first-order valence-electron chi connectivity index (χ1n) is 6.64. The fraction of sp³-hybridized carbons (Fsp3) is 0.500. The van der Waals surface area contributed by atoms with Crippen LogP contribution in [0.3, 0.4) is 0 Å². The normalized spacial score (nSPS) is 19.8. The van der Waals surface area contributed by atoms with Gasteiger partial charge in [0.05, 0.1) is 11.7 Å². The monoisotopic (exact) mass is 268 g/mol. The molecule has 1 aromatic rings. The Kier molecular flexibility index (Phi) is 4.47. The number of amides is 1. The molecular formula is C14H18F2N2O. The zero-order valence-electron chi connectivity index (χ0n) is 11.0. The summed E-state index contributed by atoms with van der Waals surface area (Å²) in [5.41, 5.74) is 0.0352. The molecule has 1 aromatic carbocycles. The average Bonchev–Trinajstić information content (AvgIpc) is 2.41. The van der Waals surface area contributed by atoms with Crippen LogP contribution >= 0.6 is 0 Å². The zero-order chi connectivity index (χ0) is 13.8. The third-order valence-corrected chi connectivity index (χ3v) is 3.30. The highest BCUT2D eigenvalue weighted by molar-refractivity contribution is 5.98. The molecule has 104 valence electrons. The Balaban J connectivity index is 2.19. The summed E-state index contributed by atoms with van der Waals surface area (Å²) in [7, 11) is 0. The van der Waals surface area contributed by atoms with Crippen LogP contribution in [0.1, 0.15) is 26.2 Å². The first-order chi connectivity index (χ1) is 9.15. The Hall–Kier alpha value is -1.49. The number of benzene rings is 1. The van der Waals surface area contributed by atoms with Crippen molar-refractivity contribution in [1.82, 2.24) is 5.32 Å².